The molecule has 7 nitrogen and oxygen atoms in total. The summed E-state index contributed by atoms with van der Waals surface area (Å²) in [5.41, 5.74) is 2.49. The summed E-state index contributed by atoms with van der Waals surface area (Å²) in [4.78, 5) is 17.6. The first-order valence-corrected chi connectivity index (χ1v) is 12.5. The molecular weight excluding hydrogens is 412 g/mol. The second kappa shape index (κ2) is 8.16. The molecule has 1 atom stereocenters. The number of fused-ring (bicyclic) bond motifs is 1. The van der Waals surface area contributed by atoms with Crippen molar-refractivity contribution < 1.29 is 13.2 Å². The largest absolute Gasteiger partial charge is 0.372 e. The number of nitrogens with one attached hydrogen (secondary N) is 2. The van der Waals surface area contributed by atoms with Crippen LogP contribution in [0.4, 0.5) is 11.4 Å². The molecule has 0 radical (unpaired) electrons. The molecule has 0 bridgehead atoms. The molecule has 3 aliphatic rings. The monoisotopic (exact) mass is 440 g/mol. The number of sulfonamides is 1. The summed E-state index contributed by atoms with van der Waals surface area (Å²) in [5.74, 6) is 0.185. The Bertz CT molecular complexity index is 1070. The number of piperidine rings is 1. The van der Waals surface area contributed by atoms with Crippen LogP contribution in [0, 0.1) is 5.92 Å². The normalized spacial score (nSPS) is 23.3. The molecule has 5 rings (SSSR count). The van der Waals surface area contributed by atoms with Crippen molar-refractivity contribution in [2.24, 2.45) is 5.92 Å². The van der Waals surface area contributed by atoms with E-state index in [1.807, 2.05) is 29.2 Å². The SMILES string of the molecule is O=C(c1cccc(N2CCCC2)c1)N1CCC([C@@H]2Nc3ccccc3S(=O)(=O)N2)CC1. The average Bonchev–Trinajstić information content (AvgIpc) is 3.33. The summed E-state index contributed by atoms with van der Waals surface area (Å²) in [6.45, 7) is 3.35. The number of benzene rings is 2. The van der Waals surface area contributed by atoms with Crippen molar-refractivity contribution in [3.8, 4) is 0 Å². The summed E-state index contributed by atoms with van der Waals surface area (Å²) in [5, 5.41) is 3.34. The molecule has 31 heavy (non-hydrogen) atoms. The van der Waals surface area contributed by atoms with E-state index in [0.717, 1.165) is 37.2 Å². The van der Waals surface area contributed by atoms with E-state index in [2.05, 4.69) is 21.0 Å². The number of hydrogen-bond donors (Lipinski definition) is 2. The molecule has 8 heteroatoms. The minimum absolute atomic E-state index is 0.0574. The number of carbonyl (C=O) groups excluding carboxylic acids is 1. The lowest BCUT2D eigenvalue weighted by molar-refractivity contribution is 0.0679. The quantitative estimate of drug-likeness (QED) is 0.767. The summed E-state index contributed by atoms with van der Waals surface area (Å²) < 4.78 is 28.0. The highest BCUT2D eigenvalue weighted by atomic mass is 32.2. The zero-order valence-electron chi connectivity index (χ0n) is 17.5. The lowest BCUT2D eigenvalue weighted by Crippen LogP contribution is -2.52. The van der Waals surface area contributed by atoms with Gasteiger partial charge in [0.2, 0.25) is 10.0 Å². The van der Waals surface area contributed by atoms with Gasteiger partial charge in [0, 0.05) is 37.4 Å². The molecule has 0 aromatic heterocycles. The van der Waals surface area contributed by atoms with Gasteiger partial charge in [-0.05, 0) is 61.9 Å². The Labute approximate surface area is 183 Å². The number of rotatable bonds is 3. The van der Waals surface area contributed by atoms with E-state index in [4.69, 9.17) is 0 Å². The Hall–Kier alpha value is -2.58. The van der Waals surface area contributed by atoms with Gasteiger partial charge in [-0.2, -0.15) is 4.72 Å². The zero-order chi connectivity index (χ0) is 21.4. The molecular formula is C23H28N4O3S. The number of hydrogen-bond acceptors (Lipinski definition) is 5. The fraction of sp³-hybridized carbons (Fsp3) is 0.435. The van der Waals surface area contributed by atoms with Crippen LogP contribution in [0.5, 0.6) is 0 Å². The number of para-hydroxylation sites is 1. The molecule has 164 valence electrons. The van der Waals surface area contributed by atoms with Crippen LogP contribution in [0.1, 0.15) is 36.0 Å². The van der Waals surface area contributed by atoms with Crippen molar-refractivity contribution in [1.29, 1.82) is 0 Å². The first-order chi connectivity index (χ1) is 15.0. The van der Waals surface area contributed by atoms with Crippen LogP contribution in [-0.2, 0) is 10.0 Å². The predicted molar refractivity (Wildman–Crippen MR) is 121 cm³/mol. The van der Waals surface area contributed by atoms with Crippen molar-refractivity contribution in [3.05, 3.63) is 54.1 Å². The van der Waals surface area contributed by atoms with Crippen molar-refractivity contribution in [2.45, 2.75) is 36.7 Å². The number of nitrogens with zero attached hydrogens (tertiary/aromatic N) is 2. The van der Waals surface area contributed by atoms with E-state index in [1.165, 1.54) is 12.8 Å². The highest BCUT2D eigenvalue weighted by Crippen LogP contribution is 2.31. The molecule has 2 N–H and O–H groups in total. The third kappa shape index (κ3) is 4.02. The number of likely N-dealkylation sites (tertiary alicyclic amines) is 1. The summed E-state index contributed by atoms with van der Waals surface area (Å²) in [7, 11) is -3.52. The van der Waals surface area contributed by atoms with Crippen LogP contribution in [0.25, 0.3) is 0 Å². The second-order valence-electron chi connectivity index (χ2n) is 8.61. The second-order valence-corrected chi connectivity index (χ2v) is 10.3. The molecule has 2 aromatic carbocycles. The average molecular weight is 441 g/mol. The Kier molecular flexibility index (Phi) is 5.35. The fourth-order valence-electron chi connectivity index (χ4n) is 4.89. The smallest absolute Gasteiger partial charge is 0.253 e. The Morgan fingerprint density at radius 1 is 0.935 bits per heavy atom. The van der Waals surface area contributed by atoms with E-state index in [1.54, 1.807) is 18.2 Å². The lowest BCUT2D eigenvalue weighted by Gasteiger charge is -2.39. The van der Waals surface area contributed by atoms with E-state index in [9.17, 15) is 13.2 Å². The molecule has 0 unspecified atom stereocenters. The van der Waals surface area contributed by atoms with Crippen LogP contribution in [0.15, 0.2) is 53.4 Å². The molecule has 3 aliphatic heterocycles. The Morgan fingerprint density at radius 2 is 1.68 bits per heavy atom. The van der Waals surface area contributed by atoms with Crippen molar-refractivity contribution in [3.63, 3.8) is 0 Å². The zero-order valence-corrected chi connectivity index (χ0v) is 18.3. The van der Waals surface area contributed by atoms with Gasteiger partial charge in [0.05, 0.1) is 11.9 Å². The van der Waals surface area contributed by atoms with Crippen molar-refractivity contribution in [1.82, 2.24) is 9.62 Å². The Morgan fingerprint density at radius 3 is 2.45 bits per heavy atom. The summed E-state index contributed by atoms with van der Waals surface area (Å²) in [6, 6.07) is 14.9. The van der Waals surface area contributed by atoms with Crippen molar-refractivity contribution in [2.75, 3.05) is 36.4 Å². The lowest BCUT2D eigenvalue weighted by atomic mass is 9.93. The van der Waals surface area contributed by atoms with Crippen LogP contribution in [-0.4, -0.2) is 51.6 Å². The van der Waals surface area contributed by atoms with E-state index in [0.29, 0.717) is 18.8 Å². The van der Waals surface area contributed by atoms with Crippen LogP contribution >= 0.6 is 0 Å². The minimum atomic E-state index is -3.52. The Balaban J connectivity index is 1.24. The van der Waals surface area contributed by atoms with Gasteiger partial charge in [-0.15, -0.1) is 0 Å². The van der Waals surface area contributed by atoms with E-state index < -0.39 is 10.0 Å². The van der Waals surface area contributed by atoms with Gasteiger partial charge in [-0.25, -0.2) is 8.42 Å². The van der Waals surface area contributed by atoms with Gasteiger partial charge in [0.15, 0.2) is 0 Å². The van der Waals surface area contributed by atoms with Crippen LogP contribution in [0.3, 0.4) is 0 Å². The molecule has 3 heterocycles. The maximum absolute atomic E-state index is 13.1. The third-order valence-electron chi connectivity index (χ3n) is 6.63. The summed E-state index contributed by atoms with van der Waals surface area (Å²) >= 11 is 0. The van der Waals surface area contributed by atoms with Crippen LogP contribution < -0.4 is 14.9 Å². The first kappa shape index (κ1) is 20.3. The molecule has 2 saturated heterocycles. The van der Waals surface area contributed by atoms with Gasteiger partial charge >= 0.3 is 0 Å². The molecule has 0 spiro atoms. The van der Waals surface area contributed by atoms with Gasteiger partial charge in [0.1, 0.15) is 4.90 Å². The van der Waals surface area contributed by atoms with E-state index in [-0.39, 0.29) is 22.9 Å². The van der Waals surface area contributed by atoms with Crippen molar-refractivity contribution >= 4 is 27.3 Å². The van der Waals surface area contributed by atoms with Gasteiger partial charge in [-0.3, -0.25) is 4.79 Å². The standard InChI is InChI=1S/C23H28N4O3S/c28-23(18-6-5-7-19(16-18)26-12-3-4-13-26)27-14-10-17(11-15-27)22-24-20-8-1-2-9-21(20)31(29,30)25-22/h1-2,5-9,16-17,22,24-25H,3-4,10-15H2/t22-/m1/s1. The molecule has 0 saturated carbocycles. The third-order valence-corrected chi connectivity index (χ3v) is 8.13. The summed E-state index contributed by atoms with van der Waals surface area (Å²) in [6.07, 6.45) is 3.56. The van der Waals surface area contributed by atoms with E-state index >= 15 is 0 Å². The maximum atomic E-state index is 13.1. The maximum Gasteiger partial charge on any atom is 0.253 e. The molecule has 0 aliphatic carbocycles. The molecule has 2 aromatic rings. The minimum Gasteiger partial charge on any atom is -0.372 e. The number of carbonyl (C=O) groups is 1. The van der Waals surface area contributed by atoms with Gasteiger partial charge in [-0.1, -0.05) is 18.2 Å². The van der Waals surface area contributed by atoms with Crippen LogP contribution in [0.2, 0.25) is 0 Å². The van der Waals surface area contributed by atoms with Gasteiger partial charge in [0.25, 0.3) is 5.91 Å². The topological polar surface area (TPSA) is 81.8 Å². The predicted octanol–water partition coefficient (Wildman–Crippen LogP) is 2.87. The fourth-order valence-corrected chi connectivity index (χ4v) is 6.28. The first-order valence-electron chi connectivity index (χ1n) is 11.0. The molecule has 2 fully saturated rings. The molecule has 1 amide bonds. The highest BCUT2D eigenvalue weighted by Gasteiger charge is 2.36. The highest BCUT2D eigenvalue weighted by molar-refractivity contribution is 7.89. The van der Waals surface area contributed by atoms with Gasteiger partial charge < -0.3 is 15.1 Å². The number of amides is 1. The number of anilines is 2.